The Kier molecular flexibility index (Phi) is 5.35. The lowest BCUT2D eigenvalue weighted by Crippen LogP contribution is -2.49. The fraction of sp³-hybridized carbons (Fsp3) is 0.533. The molecule has 1 aromatic rings. The number of benzene rings is 1. The first-order valence-electron chi connectivity index (χ1n) is 6.87. The van der Waals surface area contributed by atoms with Gasteiger partial charge >= 0.3 is 6.09 Å². The van der Waals surface area contributed by atoms with Gasteiger partial charge in [-0.25, -0.2) is 4.79 Å². The van der Waals surface area contributed by atoms with Gasteiger partial charge < -0.3 is 14.8 Å². The number of ether oxygens (including phenoxy) is 2. The Hall–Kier alpha value is -2.31. The van der Waals surface area contributed by atoms with Gasteiger partial charge in [0.2, 0.25) is 0 Å². The maximum absolute atomic E-state index is 11.7. The van der Waals surface area contributed by atoms with Gasteiger partial charge in [-0.1, -0.05) is 0 Å². The summed E-state index contributed by atoms with van der Waals surface area (Å²) >= 11 is 0. The van der Waals surface area contributed by atoms with Crippen LogP contribution < -0.4 is 10.1 Å². The SMILES string of the molecule is CC(C)(COc1ccc([N+](=O)[O-])cc1)NC(=O)OC(C)(C)C. The second-order valence-corrected chi connectivity index (χ2v) is 6.55. The van der Waals surface area contributed by atoms with Crippen molar-refractivity contribution in [3.05, 3.63) is 34.4 Å². The molecular formula is C15H22N2O5. The summed E-state index contributed by atoms with van der Waals surface area (Å²) < 4.78 is 10.7. The van der Waals surface area contributed by atoms with Gasteiger partial charge in [-0.3, -0.25) is 10.1 Å². The lowest BCUT2D eigenvalue weighted by molar-refractivity contribution is -0.384. The van der Waals surface area contributed by atoms with Crippen molar-refractivity contribution in [3.63, 3.8) is 0 Å². The van der Waals surface area contributed by atoms with Crippen molar-refractivity contribution in [3.8, 4) is 5.75 Å². The third-order valence-corrected chi connectivity index (χ3v) is 2.49. The zero-order chi connectivity index (χ0) is 17.0. The quantitative estimate of drug-likeness (QED) is 0.665. The number of rotatable bonds is 5. The van der Waals surface area contributed by atoms with Crippen molar-refractivity contribution in [2.75, 3.05) is 6.61 Å². The third kappa shape index (κ3) is 6.43. The van der Waals surface area contributed by atoms with Crippen LogP contribution in [0.2, 0.25) is 0 Å². The molecule has 7 heteroatoms. The number of non-ortho nitro benzene ring substituents is 1. The molecule has 0 atom stereocenters. The highest BCUT2D eigenvalue weighted by Gasteiger charge is 2.25. The van der Waals surface area contributed by atoms with Crippen molar-refractivity contribution < 1.29 is 19.2 Å². The Bertz CT molecular complexity index is 532. The Labute approximate surface area is 129 Å². The molecule has 1 aromatic carbocycles. The Morgan fingerprint density at radius 2 is 1.73 bits per heavy atom. The number of nitro groups is 1. The normalized spacial score (nSPS) is 11.7. The van der Waals surface area contributed by atoms with Gasteiger partial charge in [0.15, 0.2) is 0 Å². The summed E-state index contributed by atoms with van der Waals surface area (Å²) in [6.07, 6.45) is -0.523. The van der Waals surface area contributed by atoms with E-state index in [4.69, 9.17) is 9.47 Å². The van der Waals surface area contributed by atoms with E-state index < -0.39 is 22.2 Å². The topological polar surface area (TPSA) is 90.7 Å². The van der Waals surface area contributed by atoms with E-state index in [0.29, 0.717) is 5.75 Å². The summed E-state index contributed by atoms with van der Waals surface area (Å²) in [6, 6.07) is 5.76. The summed E-state index contributed by atoms with van der Waals surface area (Å²) in [5.41, 5.74) is -1.22. The number of carbonyl (C=O) groups is 1. The van der Waals surface area contributed by atoms with Gasteiger partial charge in [-0.2, -0.15) is 0 Å². The Balaban J connectivity index is 2.54. The highest BCUT2D eigenvalue weighted by atomic mass is 16.6. The minimum Gasteiger partial charge on any atom is -0.491 e. The van der Waals surface area contributed by atoms with Crippen LogP contribution in [0.3, 0.4) is 0 Å². The molecule has 0 saturated heterocycles. The molecule has 1 amide bonds. The standard InChI is InChI=1S/C15H22N2O5/c1-14(2,3)22-13(18)16-15(4,5)10-21-12-8-6-11(7-9-12)17(19)20/h6-9H,10H2,1-5H3,(H,16,18). The molecule has 1 N–H and O–H groups in total. The Morgan fingerprint density at radius 3 is 2.18 bits per heavy atom. The molecule has 7 nitrogen and oxygen atoms in total. The molecule has 1 rings (SSSR count). The molecule has 0 saturated carbocycles. The number of hydrogen-bond acceptors (Lipinski definition) is 5. The average molecular weight is 310 g/mol. The van der Waals surface area contributed by atoms with Gasteiger partial charge in [-0.15, -0.1) is 0 Å². The second-order valence-electron chi connectivity index (χ2n) is 6.55. The molecule has 0 aliphatic rings. The number of nitro benzene ring substituents is 1. The highest BCUT2D eigenvalue weighted by molar-refractivity contribution is 5.68. The van der Waals surface area contributed by atoms with Crippen LogP contribution in [0.5, 0.6) is 5.75 Å². The number of hydrogen-bond donors (Lipinski definition) is 1. The molecule has 0 fully saturated rings. The minimum absolute atomic E-state index is 0.00140. The van der Waals surface area contributed by atoms with E-state index in [-0.39, 0.29) is 12.3 Å². The van der Waals surface area contributed by atoms with Crippen molar-refractivity contribution >= 4 is 11.8 Å². The van der Waals surface area contributed by atoms with E-state index in [1.165, 1.54) is 24.3 Å². The summed E-state index contributed by atoms with van der Waals surface area (Å²) in [6.45, 7) is 9.14. The lowest BCUT2D eigenvalue weighted by atomic mass is 10.1. The van der Waals surface area contributed by atoms with E-state index in [2.05, 4.69) is 5.32 Å². The summed E-state index contributed by atoms with van der Waals surface area (Å²) in [5, 5.41) is 13.3. The van der Waals surface area contributed by atoms with Crippen LogP contribution in [0.25, 0.3) is 0 Å². The second kappa shape index (κ2) is 6.64. The average Bonchev–Trinajstić information content (AvgIpc) is 2.33. The van der Waals surface area contributed by atoms with Gasteiger partial charge in [0, 0.05) is 12.1 Å². The largest absolute Gasteiger partial charge is 0.491 e. The van der Waals surface area contributed by atoms with Crippen molar-refractivity contribution in [2.24, 2.45) is 0 Å². The smallest absolute Gasteiger partial charge is 0.408 e. The monoisotopic (exact) mass is 310 g/mol. The zero-order valence-corrected chi connectivity index (χ0v) is 13.5. The van der Waals surface area contributed by atoms with Gasteiger partial charge in [-0.05, 0) is 46.8 Å². The number of nitrogens with one attached hydrogen (secondary N) is 1. The molecular weight excluding hydrogens is 288 g/mol. The fourth-order valence-corrected chi connectivity index (χ4v) is 1.54. The maximum Gasteiger partial charge on any atom is 0.408 e. The van der Waals surface area contributed by atoms with Crippen LogP contribution in [-0.2, 0) is 4.74 Å². The van der Waals surface area contributed by atoms with Crippen LogP contribution in [0, 0.1) is 10.1 Å². The summed E-state index contributed by atoms with van der Waals surface area (Å²) in [5.74, 6) is 0.490. The van der Waals surface area contributed by atoms with Crippen LogP contribution in [-0.4, -0.2) is 28.8 Å². The Morgan fingerprint density at radius 1 is 1.18 bits per heavy atom. The number of nitrogens with zero attached hydrogens (tertiary/aromatic N) is 1. The van der Waals surface area contributed by atoms with E-state index in [1.54, 1.807) is 34.6 Å². The number of amides is 1. The molecule has 0 spiro atoms. The van der Waals surface area contributed by atoms with Gasteiger partial charge in [0.25, 0.3) is 5.69 Å². The molecule has 0 aliphatic heterocycles. The molecule has 0 aliphatic carbocycles. The number of carbonyl (C=O) groups excluding carboxylic acids is 1. The molecule has 0 heterocycles. The molecule has 0 radical (unpaired) electrons. The first-order chi connectivity index (χ1) is 9.98. The predicted molar refractivity (Wildman–Crippen MR) is 82.0 cm³/mol. The van der Waals surface area contributed by atoms with Crippen LogP contribution >= 0.6 is 0 Å². The van der Waals surface area contributed by atoms with Crippen LogP contribution in [0.4, 0.5) is 10.5 Å². The van der Waals surface area contributed by atoms with Crippen LogP contribution in [0.1, 0.15) is 34.6 Å². The highest BCUT2D eigenvalue weighted by Crippen LogP contribution is 2.18. The molecule has 122 valence electrons. The third-order valence-electron chi connectivity index (χ3n) is 2.49. The van der Waals surface area contributed by atoms with E-state index in [1.807, 2.05) is 0 Å². The lowest BCUT2D eigenvalue weighted by Gasteiger charge is -2.28. The van der Waals surface area contributed by atoms with Gasteiger partial charge in [0.1, 0.15) is 18.0 Å². The first kappa shape index (κ1) is 17.7. The van der Waals surface area contributed by atoms with E-state index in [9.17, 15) is 14.9 Å². The maximum atomic E-state index is 11.7. The van der Waals surface area contributed by atoms with Crippen molar-refractivity contribution in [2.45, 2.75) is 45.8 Å². The predicted octanol–water partition coefficient (Wildman–Crippen LogP) is 3.28. The van der Waals surface area contributed by atoms with Crippen LogP contribution in [0.15, 0.2) is 24.3 Å². The fourth-order valence-electron chi connectivity index (χ4n) is 1.54. The minimum atomic E-state index is -0.649. The van der Waals surface area contributed by atoms with Crippen molar-refractivity contribution in [1.29, 1.82) is 0 Å². The van der Waals surface area contributed by atoms with E-state index in [0.717, 1.165) is 0 Å². The van der Waals surface area contributed by atoms with Gasteiger partial charge in [0.05, 0.1) is 10.5 Å². The molecule has 0 unspecified atom stereocenters. The van der Waals surface area contributed by atoms with Crippen molar-refractivity contribution in [1.82, 2.24) is 5.32 Å². The molecule has 0 aromatic heterocycles. The number of alkyl carbamates (subject to hydrolysis) is 1. The summed E-state index contributed by atoms with van der Waals surface area (Å²) in [7, 11) is 0. The molecule has 22 heavy (non-hydrogen) atoms. The summed E-state index contributed by atoms with van der Waals surface area (Å²) in [4.78, 5) is 21.8. The first-order valence-corrected chi connectivity index (χ1v) is 6.87. The zero-order valence-electron chi connectivity index (χ0n) is 13.5. The van der Waals surface area contributed by atoms with E-state index >= 15 is 0 Å². The molecule has 0 bridgehead atoms.